The number of hydrogen-bond acceptors (Lipinski definition) is 6. The Balaban J connectivity index is 2.40. The zero-order valence-electron chi connectivity index (χ0n) is 11.5. The topological polar surface area (TPSA) is 84.4 Å². The zero-order valence-corrected chi connectivity index (χ0v) is 12.3. The first-order chi connectivity index (χ1) is 9.54. The molecule has 2 heterocycles. The maximum atomic E-state index is 12.3. The Kier molecular flexibility index (Phi) is 4.43. The molecule has 0 saturated heterocycles. The third-order valence-corrected chi connectivity index (χ3v) is 3.32. The van der Waals surface area contributed by atoms with Crippen LogP contribution in [0.1, 0.15) is 13.8 Å². The van der Waals surface area contributed by atoms with Crippen molar-refractivity contribution in [3.05, 3.63) is 12.5 Å². The van der Waals surface area contributed by atoms with Gasteiger partial charge in [-0.2, -0.15) is 11.8 Å². The van der Waals surface area contributed by atoms with Crippen molar-refractivity contribution in [3.8, 4) is 0 Å². The van der Waals surface area contributed by atoms with Crippen molar-refractivity contribution in [3.63, 3.8) is 0 Å². The van der Waals surface area contributed by atoms with Gasteiger partial charge in [0, 0.05) is 5.75 Å². The molecule has 0 radical (unpaired) electrons. The van der Waals surface area contributed by atoms with Crippen molar-refractivity contribution < 1.29 is 14.3 Å². The normalized spacial score (nSPS) is 17.7. The number of nitrogens with zero attached hydrogens (tertiary/aromatic N) is 3. The van der Waals surface area contributed by atoms with Crippen LogP contribution < -0.4 is 10.2 Å². The number of fused-ring (bicyclic) bond motifs is 1. The molecule has 1 unspecified atom stereocenters. The highest BCUT2D eigenvalue weighted by Gasteiger charge is 2.38. The number of hydrogen-bond donors (Lipinski definition) is 1. The molecule has 0 spiro atoms. The zero-order chi connectivity index (χ0) is 14.7. The Morgan fingerprint density at radius 3 is 3.00 bits per heavy atom. The number of carbonyl (C=O) groups excluding carboxylic acids is 2. The number of ether oxygens (including phenoxy) is 1. The lowest BCUT2D eigenvalue weighted by atomic mass is 10.2. The summed E-state index contributed by atoms with van der Waals surface area (Å²) in [5, 5.41) is 2.68. The van der Waals surface area contributed by atoms with Crippen LogP contribution in [0.25, 0.3) is 0 Å². The minimum absolute atomic E-state index is 0.268. The molecule has 1 aromatic heterocycles. The van der Waals surface area contributed by atoms with Crippen molar-refractivity contribution in [2.75, 3.05) is 22.2 Å². The smallest absolute Gasteiger partial charge is 0.415 e. The number of nitrogens with one attached hydrogen (secondary N) is 1. The number of anilines is 2. The molecule has 0 aromatic carbocycles. The van der Waals surface area contributed by atoms with E-state index in [2.05, 4.69) is 15.3 Å². The molecule has 1 aliphatic rings. The predicted molar refractivity (Wildman–Crippen MR) is 76.9 cm³/mol. The van der Waals surface area contributed by atoms with Crippen molar-refractivity contribution in [1.82, 2.24) is 9.97 Å². The Hall–Kier alpha value is -1.83. The second kappa shape index (κ2) is 6.08. The van der Waals surface area contributed by atoms with Crippen LogP contribution in [-0.2, 0) is 9.53 Å². The molecule has 8 heteroatoms. The summed E-state index contributed by atoms with van der Waals surface area (Å²) in [7, 11) is 0. The average molecular weight is 296 g/mol. The highest BCUT2D eigenvalue weighted by Crippen LogP contribution is 2.30. The molecule has 1 aromatic rings. The fraction of sp³-hybridized carbons (Fsp3) is 0.500. The molecule has 108 valence electrons. The first-order valence-electron chi connectivity index (χ1n) is 6.14. The van der Waals surface area contributed by atoms with Crippen LogP contribution in [-0.4, -0.2) is 46.1 Å². The van der Waals surface area contributed by atoms with E-state index in [1.54, 1.807) is 13.8 Å². The largest absolute Gasteiger partial charge is 0.446 e. The Morgan fingerprint density at radius 1 is 1.60 bits per heavy atom. The van der Waals surface area contributed by atoms with Crippen molar-refractivity contribution >= 4 is 35.3 Å². The molecule has 7 nitrogen and oxygen atoms in total. The lowest BCUT2D eigenvalue weighted by molar-refractivity contribution is -0.117. The van der Waals surface area contributed by atoms with Gasteiger partial charge in [-0.3, -0.25) is 9.69 Å². The quantitative estimate of drug-likeness (QED) is 0.910. The second-order valence-electron chi connectivity index (χ2n) is 4.52. The van der Waals surface area contributed by atoms with E-state index in [-0.39, 0.29) is 12.0 Å². The summed E-state index contributed by atoms with van der Waals surface area (Å²) in [6.45, 7) is 3.52. The molecule has 0 fully saturated rings. The minimum Gasteiger partial charge on any atom is -0.446 e. The summed E-state index contributed by atoms with van der Waals surface area (Å²) in [5.41, 5.74) is 0.455. The summed E-state index contributed by atoms with van der Waals surface area (Å²) in [6.07, 6.45) is 3.85. The Labute approximate surface area is 121 Å². The number of carbonyl (C=O) groups is 2. The SMILES string of the molecule is CSCC1C(=O)Nc2ncncc2N1C(=O)OC(C)C. The number of rotatable bonds is 3. The van der Waals surface area contributed by atoms with Crippen LogP contribution in [0.2, 0.25) is 0 Å². The van der Waals surface area contributed by atoms with Crippen LogP contribution in [0.15, 0.2) is 12.5 Å². The van der Waals surface area contributed by atoms with Crippen LogP contribution in [0.5, 0.6) is 0 Å². The Morgan fingerprint density at radius 2 is 2.35 bits per heavy atom. The molecular weight excluding hydrogens is 280 g/mol. The second-order valence-corrected chi connectivity index (χ2v) is 5.43. The average Bonchev–Trinajstić information content (AvgIpc) is 2.38. The highest BCUT2D eigenvalue weighted by atomic mass is 32.2. The molecule has 0 aliphatic carbocycles. The first kappa shape index (κ1) is 14.6. The molecule has 0 bridgehead atoms. The van der Waals surface area contributed by atoms with E-state index in [0.29, 0.717) is 17.3 Å². The van der Waals surface area contributed by atoms with Gasteiger partial charge in [0.1, 0.15) is 18.1 Å². The van der Waals surface area contributed by atoms with Gasteiger partial charge < -0.3 is 10.1 Å². The molecule has 0 saturated carbocycles. The summed E-state index contributed by atoms with van der Waals surface area (Å²) in [4.78, 5) is 33.6. The van der Waals surface area contributed by atoms with Crippen LogP contribution >= 0.6 is 11.8 Å². The van der Waals surface area contributed by atoms with Gasteiger partial charge in [-0.25, -0.2) is 14.8 Å². The summed E-state index contributed by atoms with van der Waals surface area (Å²) < 4.78 is 5.21. The minimum atomic E-state index is -0.630. The van der Waals surface area contributed by atoms with Gasteiger partial charge in [0.15, 0.2) is 5.82 Å². The van der Waals surface area contributed by atoms with Crippen molar-refractivity contribution in [2.45, 2.75) is 26.0 Å². The van der Waals surface area contributed by atoms with Crippen LogP contribution in [0.4, 0.5) is 16.3 Å². The van der Waals surface area contributed by atoms with E-state index >= 15 is 0 Å². The van der Waals surface area contributed by atoms with E-state index in [9.17, 15) is 9.59 Å². The monoisotopic (exact) mass is 296 g/mol. The third kappa shape index (κ3) is 2.84. The van der Waals surface area contributed by atoms with Gasteiger partial charge in [0.25, 0.3) is 0 Å². The van der Waals surface area contributed by atoms with Gasteiger partial charge in [0.2, 0.25) is 5.91 Å². The highest BCUT2D eigenvalue weighted by molar-refractivity contribution is 7.98. The van der Waals surface area contributed by atoms with E-state index < -0.39 is 12.1 Å². The molecule has 2 amide bonds. The van der Waals surface area contributed by atoms with Crippen LogP contribution in [0.3, 0.4) is 0 Å². The summed E-state index contributed by atoms with van der Waals surface area (Å²) in [6, 6.07) is -0.630. The maximum absolute atomic E-state index is 12.3. The maximum Gasteiger partial charge on any atom is 0.415 e. The van der Waals surface area contributed by atoms with E-state index in [0.717, 1.165) is 0 Å². The summed E-state index contributed by atoms with van der Waals surface area (Å²) >= 11 is 1.48. The summed E-state index contributed by atoms with van der Waals surface area (Å²) in [5.74, 6) is 0.516. The fourth-order valence-corrected chi connectivity index (χ4v) is 2.49. The van der Waals surface area contributed by atoms with Crippen molar-refractivity contribution in [1.29, 1.82) is 0 Å². The third-order valence-electron chi connectivity index (χ3n) is 2.67. The number of amides is 2. The fourth-order valence-electron chi connectivity index (χ4n) is 1.87. The van der Waals surface area contributed by atoms with E-state index in [1.807, 2.05) is 6.26 Å². The van der Waals surface area contributed by atoms with Gasteiger partial charge in [0.05, 0.1) is 12.3 Å². The molecular formula is C12H16N4O3S. The van der Waals surface area contributed by atoms with E-state index in [1.165, 1.54) is 29.2 Å². The van der Waals surface area contributed by atoms with Crippen LogP contribution in [0, 0.1) is 0 Å². The van der Waals surface area contributed by atoms with Gasteiger partial charge in [-0.05, 0) is 20.1 Å². The first-order valence-corrected chi connectivity index (χ1v) is 7.53. The van der Waals surface area contributed by atoms with Crippen molar-refractivity contribution in [2.24, 2.45) is 0 Å². The van der Waals surface area contributed by atoms with Gasteiger partial charge in [-0.15, -0.1) is 0 Å². The lowest BCUT2D eigenvalue weighted by Crippen LogP contribution is -2.53. The van der Waals surface area contributed by atoms with Gasteiger partial charge in [-0.1, -0.05) is 0 Å². The lowest BCUT2D eigenvalue weighted by Gasteiger charge is -2.34. The molecule has 20 heavy (non-hydrogen) atoms. The number of aromatic nitrogens is 2. The molecule has 1 N–H and O–H groups in total. The Bertz CT molecular complexity index is 523. The molecule has 1 atom stereocenters. The standard InChI is InChI=1S/C12H16N4O3S/c1-7(2)19-12(18)16-8-4-13-6-14-10(8)15-11(17)9(16)5-20-3/h4,6-7,9H,5H2,1-3H3,(H,13,14,15,17). The predicted octanol–water partition coefficient (Wildman–Crippen LogP) is 1.51. The van der Waals surface area contributed by atoms with Gasteiger partial charge >= 0.3 is 6.09 Å². The number of thioether (sulfide) groups is 1. The molecule has 2 rings (SSSR count). The van der Waals surface area contributed by atoms with E-state index in [4.69, 9.17) is 4.74 Å². The molecule has 1 aliphatic heterocycles.